The molecule has 1 aromatic carbocycles. The van der Waals surface area contributed by atoms with Gasteiger partial charge in [-0.3, -0.25) is 9.48 Å². The van der Waals surface area contributed by atoms with Crippen LogP contribution in [0.3, 0.4) is 0 Å². The van der Waals surface area contributed by atoms with Gasteiger partial charge >= 0.3 is 0 Å². The van der Waals surface area contributed by atoms with Crippen molar-refractivity contribution in [3.05, 3.63) is 47.9 Å². The van der Waals surface area contributed by atoms with Crippen LogP contribution < -0.4 is 5.73 Å². The van der Waals surface area contributed by atoms with Crippen molar-refractivity contribution in [2.45, 2.75) is 38.1 Å². The third kappa shape index (κ3) is 3.12. The zero-order valence-corrected chi connectivity index (χ0v) is 13.8. The van der Waals surface area contributed by atoms with Gasteiger partial charge in [-0.2, -0.15) is 5.10 Å². The molecule has 2 heterocycles. The Morgan fingerprint density at radius 2 is 2.12 bits per heavy atom. The number of hydrogen-bond donors (Lipinski definition) is 1. The lowest BCUT2D eigenvalue weighted by molar-refractivity contribution is -0.118. The van der Waals surface area contributed by atoms with Crippen molar-refractivity contribution < 1.29 is 9.18 Å². The second-order valence-corrected chi connectivity index (χ2v) is 6.52. The fourth-order valence-electron chi connectivity index (χ4n) is 3.22. The van der Waals surface area contributed by atoms with Gasteiger partial charge in [0.15, 0.2) is 0 Å². The molecule has 1 aliphatic carbocycles. The monoisotopic (exact) mass is 338 g/mol. The number of aryl methyl sites for hydroxylation is 1. The molecule has 3 aromatic rings. The Labute approximate surface area is 144 Å². The maximum atomic E-state index is 14.2. The molecular formula is C19H19FN4O. The van der Waals surface area contributed by atoms with Crippen molar-refractivity contribution >= 4 is 16.9 Å². The molecule has 0 atom stereocenters. The summed E-state index contributed by atoms with van der Waals surface area (Å²) in [5.74, 6) is -0.105. The highest BCUT2D eigenvalue weighted by atomic mass is 19.1. The summed E-state index contributed by atoms with van der Waals surface area (Å²) < 4.78 is 16.1. The maximum absolute atomic E-state index is 14.2. The second-order valence-electron chi connectivity index (χ2n) is 6.52. The van der Waals surface area contributed by atoms with Crippen molar-refractivity contribution in [2.24, 2.45) is 5.73 Å². The SMILES string of the molecule is NC(=O)CCCn1ncc2nc(-c3ccccc3F)cc(C3CC3)c21. The Bertz CT molecular complexity index is 946. The molecule has 6 heteroatoms. The molecule has 1 saturated carbocycles. The molecule has 1 aliphatic rings. The minimum Gasteiger partial charge on any atom is -0.370 e. The third-order valence-electron chi connectivity index (χ3n) is 4.59. The van der Waals surface area contributed by atoms with Gasteiger partial charge < -0.3 is 5.73 Å². The Kier molecular flexibility index (Phi) is 3.95. The molecule has 25 heavy (non-hydrogen) atoms. The average molecular weight is 338 g/mol. The standard InChI is InChI=1S/C19H19FN4O/c20-15-5-2-1-4-13(15)16-10-14(12-7-8-12)19-17(23-16)11-22-24(19)9-3-6-18(21)25/h1-2,4-5,10-12H,3,6-9H2,(H2,21,25). The number of amides is 1. The number of benzene rings is 1. The quantitative estimate of drug-likeness (QED) is 0.749. The van der Waals surface area contributed by atoms with Gasteiger partial charge in [0.1, 0.15) is 11.3 Å². The van der Waals surface area contributed by atoms with Gasteiger partial charge in [-0.15, -0.1) is 0 Å². The van der Waals surface area contributed by atoms with Gasteiger partial charge in [-0.05, 0) is 48.9 Å². The fraction of sp³-hybridized carbons (Fsp3) is 0.316. The summed E-state index contributed by atoms with van der Waals surface area (Å²) in [7, 11) is 0. The number of aromatic nitrogens is 3. The summed E-state index contributed by atoms with van der Waals surface area (Å²) in [6.07, 6.45) is 4.95. The molecule has 0 radical (unpaired) electrons. The lowest BCUT2D eigenvalue weighted by atomic mass is 10.0. The van der Waals surface area contributed by atoms with E-state index >= 15 is 0 Å². The predicted octanol–water partition coefficient (Wildman–Crippen LogP) is 3.38. The number of fused-ring (bicyclic) bond motifs is 1. The zero-order valence-electron chi connectivity index (χ0n) is 13.8. The van der Waals surface area contributed by atoms with Gasteiger partial charge in [0.05, 0.1) is 17.4 Å². The number of carbonyl (C=O) groups excluding carboxylic acids is 1. The molecule has 5 nitrogen and oxygen atoms in total. The second kappa shape index (κ2) is 6.27. The van der Waals surface area contributed by atoms with Gasteiger partial charge in [0, 0.05) is 18.5 Å². The number of carbonyl (C=O) groups is 1. The topological polar surface area (TPSA) is 73.8 Å². The normalized spacial score (nSPS) is 14.1. The summed E-state index contributed by atoms with van der Waals surface area (Å²) in [5, 5.41) is 4.43. The molecule has 0 unspecified atom stereocenters. The summed E-state index contributed by atoms with van der Waals surface area (Å²) in [6.45, 7) is 0.618. The Morgan fingerprint density at radius 3 is 2.84 bits per heavy atom. The van der Waals surface area contributed by atoms with Crippen LogP contribution in [0.2, 0.25) is 0 Å². The molecule has 2 aromatic heterocycles. The lowest BCUT2D eigenvalue weighted by Gasteiger charge is -2.10. The molecule has 0 saturated heterocycles. The van der Waals surface area contributed by atoms with E-state index in [-0.39, 0.29) is 11.7 Å². The van der Waals surface area contributed by atoms with Crippen LogP contribution in [0.15, 0.2) is 36.5 Å². The third-order valence-corrected chi connectivity index (χ3v) is 4.59. The summed E-state index contributed by atoms with van der Waals surface area (Å²) in [4.78, 5) is 15.6. The molecule has 0 spiro atoms. The molecule has 0 bridgehead atoms. The van der Waals surface area contributed by atoms with E-state index in [4.69, 9.17) is 5.73 Å². The van der Waals surface area contributed by atoms with E-state index in [9.17, 15) is 9.18 Å². The predicted molar refractivity (Wildman–Crippen MR) is 93.3 cm³/mol. The van der Waals surface area contributed by atoms with E-state index in [1.165, 1.54) is 11.6 Å². The zero-order chi connectivity index (χ0) is 17.4. The van der Waals surface area contributed by atoms with Crippen molar-refractivity contribution in [3.63, 3.8) is 0 Å². The van der Waals surface area contributed by atoms with Gasteiger partial charge in [0.25, 0.3) is 0 Å². The largest absolute Gasteiger partial charge is 0.370 e. The first-order chi connectivity index (χ1) is 12.1. The van der Waals surface area contributed by atoms with Crippen LogP contribution >= 0.6 is 0 Å². The van der Waals surface area contributed by atoms with Crippen LogP contribution in [0.5, 0.6) is 0 Å². The lowest BCUT2D eigenvalue weighted by Crippen LogP contribution is -2.12. The van der Waals surface area contributed by atoms with E-state index in [0.29, 0.717) is 36.6 Å². The summed E-state index contributed by atoms with van der Waals surface area (Å²) in [6, 6.07) is 8.68. The van der Waals surface area contributed by atoms with Crippen LogP contribution in [0, 0.1) is 5.82 Å². The maximum Gasteiger partial charge on any atom is 0.217 e. The number of primary amides is 1. The molecule has 1 fully saturated rings. The van der Waals surface area contributed by atoms with Crippen LogP contribution in [0.25, 0.3) is 22.3 Å². The Balaban J connectivity index is 1.77. The number of rotatable bonds is 6. The molecule has 4 rings (SSSR count). The minimum atomic E-state index is -0.307. The van der Waals surface area contributed by atoms with Crippen LogP contribution in [-0.2, 0) is 11.3 Å². The summed E-state index contributed by atoms with van der Waals surface area (Å²) in [5.41, 5.74) is 9.29. The molecule has 2 N–H and O–H groups in total. The highest BCUT2D eigenvalue weighted by Crippen LogP contribution is 2.44. The number of halogens is 1. The van der Waals surface area contributed by atoms with E-state index in [1.54, 1.807) is 18.3 Å². The smallest absolute Gasteiger partial charge is 0.217 e. The van der Waals surface area contributed by atoms with Crippen molar-refractivity contribution in [3.8, 4) is 11.3 Å². The van der Waals surface area contributed by atoms with Crippen LogP contribution in [0.4, 0.5) is 4.39 Å². The van der Waals surface area contributed by atoms with E-state index < -0.39 is 0 Å². The van der Waals surface area contributed by atoms with E-state index in [1.807, 2.05) is 16.8 Å². The minimum absolute atomic E-state index is 0.273. The van der Waals surface area contributed by atoms with Crippen LogP contribution in [0.1, 0.15) is 37.2 Å². The average Bonchev–Trinajstić information content (AvgIpc) is 3.36. The number of nitrogens with two attached hydrogens (primary N) is 1. The number of hydrogen-bond acceptors (Lipinski definition) is 3. The Morgan fingerprint density at radius 1 is 1.32 bits per heavy atom. The van der Waals surface area contributed by atoms with E-state index in [0.717, 1.165) is 23.9 Å². The molecule has 128 valence electrons. The first kappa shape index (κ1) is 15.7. The number of pyridine rings is 1. The molecule has 1 amide bonds. The highest BCUT2D eigenvalue weighted by Gasteiger charge is 2.28. The first-order valence-corrected chi connectivity index (χ1v) is 8.53. The van der Waals surface area contributed by atoms with E-state index in [2.05, 4.69) is 10.1 Å². The highest BCUT2D eigenvalue weighted by molar-refractivity contribution is 5.83. The van der Waals surface area contributed by atoms with Gasteiger partial charge in [-0.25, -0.2) is 9.37 Å². The fourth-order valence-corrected chi connectivity index (χ4v) is 3.22. The van der Waals surface area contributed by atoms with Gasteiger partial charge in [0.2, 0.25) is 5.91 Å². The number of nitrogens with zero attached hydrogens (tertiary/aromatic N) is 3. The first-order valence-electron chi connectivity index (χ1n) is 8.53. The molecular weight excluding hydrogens is 319 g/mol. The summed E-state index contributed by atoms with van der Waals surface area (Å²) >= 11 is 0. The molecule has 0 aliphatic heterocycles. The van der Waals surface area contributed by atoms with Crippen molar-refractivity contribution in [1.82, 2.24) is 14.8 Å². The van der Waals surface area contributed by atoms with Gasteiger partial charge in [-0.1, -0.05) is 12.1 Å². The van der Waals surface area contributed by atoms with Crippen molar-refractivity contribution in [2.75, 3.05) is 0 Å². The van der Waals surface area contributed by atoms with Crippen LogP contribution in [-0.4, -0.2) is 20.7 Å². The Hall–Kier alpha value is -2.76. The van der Waals surface area contributed by atoms with Crippen molar-refractivity contribution in [1.29, 1.82) is 0 Å².